The molecule has 2 unspecified atom stereocenters. The Hall–Kier alpha value is -2.89. The molecule has 1 fully saturated rings. The summed E-state index contributed by atoms with van der Waals surface area (Å²) in [5, 5.41) is 29.0. The average Bonchev–Trinajstić information content (AvgIpc) is 2.79. The molecule has 1 aliphatic heterocycles. The van der Waals surface area contributed by atoms with Crippen molar-refractivity contribution in [2.45, 2.75) is 57.3 Å². The number of allylic oxidation sites excluding steroid dienone is 2. The summed E-state index contributed by atoms with van der Waals surface area (Å²) < 4.78 is 41.9. The number of nitriles is 1. The second-order valence-corrected chi connectivity index (χ2v) is 8.44. The van der Waals surface area contributed by atoms with Crippen LogP contribution < -0.4 is 4.90 Å². The minimum Gasteiger partial charge on any atom is -0.394 e. The monoisotopic (exact) mass is 460 g/mol. The van der Waals surface area contributed by atoms with Gasteiger partial charge in [0.15, 0.2) is 5.78 Å². The number of rotatable bonds is 7. The van der Waals surface area contributed by atoms with Crippen molar-refractivity contribution in [1.82, 2.24) is 0 Å². The van der Waals surface area contributed by atoms with Gasteiger partial charge in [-0.15, -0.1) is 0 Å². The van der Waals surface area contributed by atoms with E-state index in [0.29, 0.717) is 11.4 Å². The van der Waals surface area contributed by atoms with Crippen molar-refractivity contribution in [2.75, 3.05) is 18.1 Å². The fraction of sp³-hybridized carbons (Fsp3) is 0.440. The van der Waals surface area contributed by atoms with Gasteiger partial charge in [0.2, 0.25) is 0 Å². The number of nitrogens with zero attached hydrogens (tertiary/aromatic N) is 2. The molecule has 1 heterocycles. The van der Waals surface area contributed by atoms with Crippen LogP contribution in [0.1, 0.15) is 44.6 Å². The number of aliphatic hydroxyl groups is 2. The van der Waals surface area contributed by atoms with E-state index in [-0.39, 0.29) is 12.0 Å². The molecule has 0 amide bonds. The van der Waals surface area contributed by atoms with Crippen LogP contribution in [0.2, 0.25) is 0 Å². The molecular weight excluding hydrogens is 433 g/mol. The molecule has 5 nitrogen and oxygen atoms in total. The van der Waals surface area contributed by atoms with E-state index in [1.54, 1.807) is 12.1 Å². The number of fused-ring (bicyclic) bond motifs is 1. The van der Waals surface area contributed by atoms with Crippen molar-refractivity contribution in [3.05, 3.63) is 47.5 Å². The van der Waals surface area contributed by atoms with Crippen LogP contribution in [0.3, 0.4) is 0 Å². The summed E-state index contributed by atoms with van der Waals surface area (Å²) in [6.45, 7) is 2.48. The zero-order chi connectivity index (χ0) is 24.2. The summed E-state index contributed by atoms with van der Waals surface area (Å²) >= 11 is 0. The number of Topliss-reactive ketones (excluding diaryl/α,β-unsaturated/α-hetero) is 1. The largest absolute Gasteiger partial charge is 0.418 e. The van der Waals surface area contributed by atoms with Crippen molar-refractivity contribution in [3.63, 3.8) is 0 Å². The molecule has 176 valence electrons. The smallest absolute Gasteiger partial charge is 0.394 e. The van der Waals surface area contributed by atoms with Crippen LogP contribution in [0, 0.1) is 11.3 Å². The first-order chi connectivity index (χ1) is 15.7. The van der Waals surface area contributed by atoms with Gasteiger partial charge in [0.05, 0.1) is 18.3 Å². The lowest BCUT2D eigenvalue weighted by molar-refractivity contribution is -0.116. The summed E-state index contributed by atoms with van der Waals surface area (Å²) in [7, 11) is 0. The number of halogens is 3. The number of benzene rings is 2. The van der Waals surface area contributed by atoms with E-state index >= 15 is 0 Å². The zero-order valence-corrected chi connectivity index (χ0v) is 18.4. The van der Waals surface area contributed by atoms with Gasteiger partial charge in [-0.1, -0.05) is 18.2 Å². The van der Waals surface area contributed by atoms with Gasteiger partial charge >= 0.3 is 6.18 Å². The van der Waals surface area contributed by atoms with E-state index in [9.17, 15) is 28.3 Å². The van der Waals surface area contributed by atoms with Gasteiger partial charge in [-0.2, -0.15) is 18.4 Å². The number of piperidine rings is 1. The molecule has 0 bridgehead atoms. The topological polar surface area (TPSA) is 84.6 Å². The minimum absolute atomic E-state index is 0.235. The first-order valence-corrected chi connectivity index (χ1v) is 11.0. The number of carbonyl (C=O) groups excluding carboxylic acids is 1. The molecule has 0 radical (unpaired) electrons. The third-order valence-corrected chi connectivity index (χ3v) is 6.09. The predicted octanol–water partition coefficient (Wildman–Crippen LogP) is 4.76. The van der Waals surface area contributed by atoms with Crippen molar-refractivity contribution < 1.29 is 28.2 Å². The summed E-state index contributed by atoms with van der Waals surface area (Å²) in [5.41, 5.74) is -1.53. The Morgan fingerprint density at radius 3 is 2.55 bits per heavy atom. The molecule has 33 heavy (non-hydrogen) atoms. The van der Waals surface area contributed by atoms with Gasteiger partial charge in [-0.3, -0.25) is 4.79 Å². The third kappa shape index (κ3) is 5.73. The summed E-state index contributed by atoms with van der Waals surface area (Å²) in [4.78, 5) is 14.7. The number of hydrogen-bond donors (Lipinski definition) is 2. The lowest BCUT2D eigenvalue weighted by Gasteiger charge is -2.35. The van der Waals surface area contributed by atoms with Crippen LogP contribution in [0.4, 0.5) is 18.9 Å². The fourth-order valence-electron chi connectivity index (χ4n) is 4.27. The number of ketones is 1. The molecule has 2 atom stereocenters. The molecule has 3 rings (SSSR count). The van der Waals surface area contributed by atoms with E-state index in [4.69, 9.17) is 5.11 Å². The maximum absolute atomic E-state index is 14.0. The Kier molecular flexibility index (Phi) is 7.77. The summed E-state index contributed by atoms with van der Waals surface area (Å²) in [6, 6.07) is 11.6. The van der Waals surface area contributed by atoms with Crippen molar-refractivity contribution in [2.24, 2.45) is 0 Å². The second-order valence-electron chi connectivity index (χ2n) is 8.44. The van der Waals surface area contributed by atoms with E-state index < -0.39 is 42.2 Å². The highest BCUT2D eigenvalue weighted by Gasteiger charge is 2.39. The lowest BCUT2D eigenvalue weighted by Crippen LogP contribution is -2.37. The first-order valence-electron chi connectivity index (χ1n) is 11.0. The summed E-state index contributed by atoms with van der Waals surface area (Å²) in [6.07, 6.45) is -3.50. The fourth-order valence-corrected chi connectivity index (χ4v) is 4.27. The predicted molar refractivity (Wildman–Crippen MR) is 121 cm³/mol. The van der Waals surface area contributed by atoms with E-state index in [2.05, 4.69) is 11.8 Å². The maximum atomic E-state index is 14.0. The minimum atomic E-state index is -4.92. The van der Waals surface area contributed by atoms with Gasteiger partial charge in [-0.05, 0) is 67.1 Å². The van der Waals surface area contributed by atoms with Gasteiger partial charge in [0.25, 0.3) is 0 Å². The molecule has 0 spiro atoms. The number of anilines is 1. The van der Waals surface area contributed by atoms with Crippen LogP contribution in [-0.2, 0) is 4.79 Å². The SMILES string of the molecule is CC1CCCCN1c1ccc2cc(/C(=C(\C#N)C(=O)CCC(O)CO)C(F)(F)F)ccc2c1. The highest BCUT2D eigenvalue weighted by molar-refractivity contribution is 6.07. The molecule has 0 aromatic heterocycles. The number of hydrogen-bond acceptors (Lipinski definition) is 5. The van der Waals surface area contributed by atoms with E-state index in [1.165, 1.54) is 24.6 Å². The Balaban J connectivity index is 2.00. The molecule has 2 aromatic rings. The Morgan fingerprint density at radius 1 is 1.21 bits per heavy atom. The average molecular weight is 460 g/mol. The quantitative estimate of drug-likeness (QED) is 0.460. The van der Waals surface area contributed by atoms with Gasteiger partial charge in [0, 0.05) is 24.7 Å². The molecule has 0 saturated carbocycles. The second kappa shape index (κ2) is 10.4. The Bertz CT molecular complexity index is 1090. The van der Waals surface area contributed by atoms with Crippen LogP contribution >= 0.6 is 0 Å². The normalized spacial score (nSPS) is 18.6. The Morgan fingerprint density at radius 2 is 1.91 bits per heavy atom. The van der Waals surface area contributed by atoms with Crippen LogP contribution in [-0.4, -0.2) is 47.5 Å². The molecule has 8 heteroatoms. The lowest BCUT2D eigenvalue weighted by atomic mass is 9.93. The van der Waals surface area contributed by atoms with Crippen LogP contribution in [0.15, 0.2) is 42.0 Å². The molecular formula is C25H27F3N2O3. The zero-order valence-electron chi connectivity index (χ0n) is 18.4. The molecule has 2 aromatic carbocycles. The Labute approximate surface area is 190 Å². The maximum Gasteiger partial charge on any atom is 0.418 e. The van der Waals surface area contributed by atoms with Crippen LogP contribution in [0.5, 0.6) is 0 Å². The summed E-state index contributed by atoms with van der Waals surface area (Å²) in [5.74, 6) is -1.02. The van der Waals surface area contributed by atoms with E-state index in [1.807, 2.05) is 12.1 Å². The number of aliphatic hydroxyl groups excluding tert-OH is 2. The first kappa shape index (κ1) is 24.7. The van der Waals surface area contributed by atoms with Gasteiger partial charge in [0.1, 0.15) is 11.6 Å². The molecule has 1 aliphatic rings. The van der Waals surface area contributed by atoms with Crippen molar-refractivity contribution in [3.8, 4) is 6.07 Å². The van der Waals surface area contributed by atoms with Gasteiger partial charge in [-0.25, -0.2) is 0 Å². The standard InChI is InChI=1S/C25H27F3N2O3/c1-16-4-2-3-11-30(16)20-8-7-17-12-19(6-5-18(17)13-20)24(25(26,27)28)22(14-29)23(33)10-9-21(32)15-31/h5-8,12-13,16,21,31-32H,2-4,9-11,15H2,1H3/b24-22-. The molecule has 0 aliphatic carbocycles. The van der Waals surface area contributed by atoms with Crippen molar-refractivity contribution >= 4 is 27.8 Å². The third-order valence-electron chi connectivity index (χ3n) is 6.09. The van der Waals surface area contributed by atoms with E-state index in [0.717, 1.165) is 30.5 Å². The van der Waals surface area contributed by atoms with Crippen molar-refractivity contribution in [1.29, 1.82) is 5.26 Å². The highest BCUT2D eigenvalue weighted by atomic mass is 19.4. The van der Waals surface area contributed by atoms with Crippen LogP contribution in [0.25, 0.3) is 16.3 Å². The van der Waals surface area contributed by atoms with Gasteiger partial charge < -0.3 is 15.1 Å². The molecule has 2 N–H and O–H groups in total. The number of carbonyl (C=O) groups is 1. The molecule has 1 saturated heterocycles. The number of alkyl halides is 3. The highest BCUT2D eigenvalue weighted by Crippen LogP contribution is 2.38.